The second-order valence-corrected chi connectivity index (χ2v) is 7.88. The number of amides is 1. The van der Waals surface area contributed by atoms with Gasteiger partial charge in [-0.3, -0.25) is 9.69 Å². The number of quaternary nitrogens is 1. The molecule has 1 atom stereocenters. The van der Waals surface area contributed by atoms with Crippen LogP contribution in [-0.4, -0.2) is 31.7 Å². The van der Waals surface area contributed by atoms with Gasteiger partial charge in [0.1, 0.15) is 18.8 Å². The molecule has 0 fully saturated rings. The van der Waals surface area contributed by atoms with E-state index in [9.17, 15) is 4.79 Å². The van der Waals surface area contributed by atoms with Gasteiger partial charge in [0.15, 0.2) is 16.6 Å². The fraction of sp³-hybridized carbons (Fsp3) is 0.304. The Kier molecular flexibility index (Phi) is 7.43. The topological polar surface area (TPSA) is 56.1 Å². The molecule has 1 N–H and O–H groups in total. The zero-order valence-corrected chi connectivity index (χ0v) is 18.7. The quantitative estimate of drug-likeness (QED) is 0.569. The average molecular weight is 427 g/mol. The second kappa shape index (κ2) is 10.2. The van der Waals surface area contributed by atoms with E-state index in [-0.39, 0.29) is 5.91 Å². The predicted molar refractivity (Wildman–Crippen MR) is 120 cm³/mol. The molecule has 0 bridgehead atoms. The van der Waals surface area contributed by atoms with Crippen molar-refractivity contribution >= 4 is 28.1 Å². The lowest BCUT2D eigenvalue weighted by Crippen LogP contribution is -3.06. The summed E-state index contributed by atoms with van der Waals surface area (Å²) in [4.78, 5) is 19.9. The van der Waals surface area contributed by atoms with Crippen LogP contribution in [-0.2, 0) is 17.9 Å². The maximum atomic E-state index is 12.2. The van der Waals surface area contributed by atoms with Crippen molar-refractivity contribution < 1.29 is 19.2 Å². The van der Waals surface area contributed by atoms with Crippen LogP contribution in [0, 0.1) is 0 Å². The van der Waals surface area contributed by atoms with Crippen LogP contribution in [0.3, 0.4) is 0 Å². The molecule has 1 unspecified atom stereocenters. The first-order chi connectivity index (χ1) is 14.5. The Morgan fingerprint density at radius 3 is 2.57 bits per heavy atom. The van der Waals surface area contributed by atoms with Crippen LogP contribution in [0.2, 0.25) is 0 Å². The van der Waals surface area contributed by atoms with E-state index in [4.69, 9.17) is 14.5 Å². The minimum absolute atomic E-state index is 0.0516. The number of para-hydroxylation sites is 1. The number of ether oxygens (including phenoxy) is 2. The Balaban J connectivity index is 1.69. The third-order valence-corrected chi connectivity index (χ3v) is 5.45. The third-order valence-electron chi connectivity index (χ3n) is 4.58. The van der Waals surface area contributed by atoms with E-state index in [1.54, 1.807) is 18.9 Å². The number of hydrogen-bond donors (Lipinski definition) is 1. The molecule has 7 heteroatoms. The minimum atomic E-state index is -0.0516. The standard InChI is InChI=1S/C23H27N3O3S/c1-5-29-21-12-11-18(13-22(21)28-4)14-25(3)15-19-16-30-23(24-19)26(17(2)27)20-9-7-6-8-10-20/h6-13,16H,5,14-15H2,1-4H3/p+1. The van der Waals surface area contributed by atoms with Gasteiger partial charge in [-0.1, -0.05) is 18.2 Å². The molecule has 0 aliphatic heterocycles. The summed E-state index contributed by atoms with van der Waals surface area (Å²) < 4.78 is 11.0. The lowest BCUT2D eigenvalue weighted by atomic mass is 10.2. The normalized spacial score (nSPS) is 11.7. The Morgan fingerprint density at radius 2 is 1.90 bits per heavy atom. The second-order valence-electron chi connectivity index (χ2n) is 7.04. The van der Waals surface area contributed by atoms with Crippen LogP contribution < -0.4 is 19.3 Å². The summed E-state index contributed by atoms with van der Waals surface area (Å²) in [7, 11) is 3.78. The molecule has 2 aromatic carbocycles. The SMILES string of the molecule is CCOc1ccc(C[NH+](C)Cc2csc(N(C(C)=O)c3ccccc3)n2)cc1OC. The first-order valence-corrected chi connectivity index (χ1v) is 10.8. The summed E-state index contributed by atoms with van der Waals surface area (Å²) in [6.45, 7) is 5.70. The van der Waals surface area contributed by atoms with Gasteiger partial charge in [-0.25, -0.2) is 4.98 Å². The van der Waals surface area contributed by atoms with E-state index in [2.05, 4.69) is 13.1 Å². The van der Waals surface area contributed by atoms with E-state index >= 15 is 0 Å². The number of nitrogens with one attached hydrogen (secondary N) is 1. The first kappa shape index (κ1) is 21.8. The predicted octanol–water partition coefficient (Wildman–Crippen LogP) is 3.45. The van der Waals surface area contributed by atoms with E-state index in [0.717, 1.165) is 41.5 Å². The summed E-state index contributed by atoms with van der Waals surface area (Å²) in [5.41, 5.74) is 2.96. The van der Waals surface area contributed by atoms with Crippen LogP contribution in [0.15, 0.2) is 53.9 Å². The highest BCUT2D eigenvalue weighted by molar-refractivity contribution is 7.14. The van der Waals surface area contributed by atoms with Crippen LogP contribution in [0.5, 0.6) is 11.5 Å². The maximum Gasteiger partial charge on any atom is 0.230 e. The number of carbonyl (C=O) groups excluding carboxylic acids is 1. The molecule has 1 heterocycles. The molecule has 3 rings (SSSR count). The first-order valence-electron chi connectivity index (χ1n) is 9.93. The Morgan fingerprint density at radius 1 is 1.13 bits per heavy atom. The molecule has 0 aliphatic rings. The lowest BCUT2D eigenvalue weighted by Gasteiger charge is -2.18. The molecular weight excluding hydrogens is 398 g/mol. The van der Waals surface area contributed by atoms with Crippen molar-refractivity contribution in [1.82, 2.24) is 4.98 Å². The van der Waals surface area contributed by atoms with Gasteiger partial charge in [0.25, 0.3) is 0 Å². The average Bonchev–Trinajstić information content (AvgIpc) is 3.17. The summed E-state index contributed by atoms with van der Waals surface area (Å²) in [5.74, 6) is 1.46. The summed E-state index contributed by atoms with van der Waals surface area (Å²) >= 11 is 1.49. The minimum Gasteiger partial charge on any atom is -0.493 e. The molecule has 1 aromatic heterocycles. The Labute approximate surface area is 181 Å². The zero-order chi connectivity index (χ0) is 21.5. The molecule has 0 aliphatic carbocycles. The van der Waals surface area contributed by atoms with Crippen molar-refractivity contribution in [3.8, 4) is 11.5 Å². The van der Waals surface area contributed by atoms with Crippen LogP contribution >= 0.6 is 11.3 Å². The van der Waals surface area contributed by atoms with E-state index < -0.39 is 0 Å². The fourth-order valence-corrected chi connectivity index (χ4v) is 4.19. The van der Waals surface area contributed by atoms with Crippen LogP contribution in [0.4, 0.5) is 10.8 Å². The van der Waals surface area contributed by atoms with Crippen molar-refractivity contribution in [2.75, 3.05) is 25.7 Å². The molecule has 158 valence electrons. The highest BCUT2D eigenvalue weighted by atomic mass is 32.1. The number of rotatable bonds is 9. The van der Waals surface area contributed by atoms with Crippen LogP contribution in [0.25, 0.3) is 0 Å². The molecular formula is C23H28N3O3S+. The van der Waals surface area contributed by atoms with Crippen molar-refractivity contribution in [1.29, 1.82) is 0 Å². The van der Waals surface area contributed by atoms with Crippen molar-refractivity contribution in [2.45, 2.75) is 26.9 Å². The zero-order valence-electron chi connectivity index (χ0n) is 17.8. The molecule has 1 amide bonds. The molecule has 6 nitrogen and oxygen atoms in total. The lowest BCUT2D eigenvalue weighted by molar-refractivity contribution is -0.908. The monoisotopic (exact) mass is 426 g/mol. The molecule has 3 aromatic rings. The van der Waals surface area contributed by atoms with Crippen LogP contribution in [0.1, 0.15) is 25.1 Å². The number of nitrogens with zero attached hydrogens (tertiary/aromatic N) is 2. The van der Waals surface area contributed by atoms with Gasteiger partial charge in [0, 0.05) is 17.9 Å². The molecule has 0 saturated heterocycles. The van der Waals surface area contributed by atoms with E-state index in [1.165, 1.54) is 16.2 Å². The number of benzene rings is 2. The van der Waals surface area contributed by atoms with Gasteiger partial charge in [-0.15, -0.1) is 11.3 Å². The van der Waals surface area contributed by atoms with Crippen molar-refractivity contribution in [3.05, 3.63) is 65.2 Å². The van der Waals surface area contributed by atoms with Gasteiger partial charge < -0.3 is 14.4 Å². The number of anilines is 2. The third kappa shape index (κ3) is 5.37. The highest BCUT2D eigenvalue weighted by Crippen LogP contribution is 2.29. The van der Waals surface area contributed by atoms with Gasteiger partial charge >= 0.3 is 0 Å². The number of thiazole rings is 1. The molecule has 0 saturated carbocycles. The number of carbonyl (C=O) groups is 1. The summed E-state index contributed by atoms with van der Waals surface area (Å²) in [5, 5.41) is 2.72. The van der Waals surface area contributed by atoms with Crippen molar-refractivity contribution in [2.24, 2.45) is 0 Å². The van der Waals surface area contributed by atoms with E-state index in [0.29, 0.717) is 11.7 Å². The number of aromatic nitrogens is 1. The van der Waals surface area contributed by atoms with Gasteiger partial charge in [0.2, 0.25) is 5.91 Å². The summed E-state index contributed by atoms with van der Waals surface area (Å²) in [6.07, 6.45) is 0. The van der Waals surface area contributed by atoms with Gasteiger partial charge in [-0.05, 0) is 37.3 Å². The van der Waals surface area contributed by atoms with Gasteiger partial charge in [-0.2, -0.15) is 0 Å². The molecule has 0 radical (unpaired) electrons. The Hall–Kier alpha value is -2.90. The van der Waals surface area contributed by atoms with Crippen molar-refractivity contribution in [3.63, 3.8) is 0 Å². The Bertz CT molecular complexity index is 975. The van der Waals surface area contributed by atoms with E-state index in [1.807, 2.05) is 54.8 Å². The molecule has 30 heavy (non-hydrogen) atoms. The maximum absolute atomic E-state index is 12.2. The highest BCUT2D eigenvalue weighted by Gasteiger charge is 2.19. The van der Waals surface area contributed by atoms with Gasteiger partial charge in [0.05, 0.1) is 26.5 Å². The number of hydrogen-bond acceptors (Lipinski definition) is 5. The summed E-state index contributed by atoms with van der Waals surface area (Å²) in [6, 6.07) is 15.6. The molecule has 0 spiro atoms. The smallest absolute Gasteiger partial charge is 0.230 e. The fourth-order valence-electron chi connectivity index (χ4n) is 3.30. The number of methoxy groups -OCH3 is 1. The largest absolute Gasteiger partial charge is 0.493 e.